The van der Waals surface area contributed by atoms with Crippen LogP contribution in [0.5, 0.6) is 11.7 Å². The second kappa shape index (κ2) is 12.6. The lowest BCUT2D eigenvalue weighted by Crippen LogP contribution is -2.34. The van der Waals surface area contributed by atoms with Gasteiger partial charge in [0.25, 0.3) is 5.03 Å². The van der Waals surface area contributed by atoms with Crippen molar-refractivity contribution < 1.29 is 33.4 Å². The highest BCUT2D eigenvalue weighted by atomic mass is 32.2. The minimum atomic E-state index is -0.579. The van der Waals surface area contributed by atoms with Gasteiger partial charge in [-0.05, 0) is 60.0 Å². The summed E-state index contributed by atoms with van der Waals surface area (Å²) in [5.74, 6) is 0.109. The molecule has 1 amide bonds. The zero-order valence-corrected chi connectivity index (χ0v) is 23.8. The van der Waals surface area contributed by atoms with Crippen LogP contribution in [0.4, 0.5) is 5.00 Å². The van der Waals surface area contributed by atoms with E-state index in [0.29, 0.717) is 33.7 Å². The summed E-state index contributed by atoms with van der Waals surface area (Å²) in [6.07, 6.45) is 2.60. The van der Waals surface area contributed by atoms with Gasteiger partial charge in [-0.15, -0.1) is 11.3 Å². The third-order valence-corrected chi connectivity index (χ3v) is 8.92. The number of carbonyl (C=O) groups is 2. The van der Waals surface area contributed by atoms with Crippen molar-refractivity contribution in [2.75, 3.05) is 24.8 Å². The SMILES string of the molecule is CCOC(=O)c1c(NC(=O)CCSc2c([O-])on[n+]2-c2ccc(OC)cc2)sc2c1CCC(c1ccccc1)C2. The molecule has 40 heavy (non-hydrogen) atoms. The number of nitrogens with zero attached hydrogens (tertiary/aromatic N) is 2. The number of aromatic nitrogens is 2. The van der Waals surface area contributed by atoms with Gasteiger partial charge in [0.2, 0.25) is 11.6 Å². The van der Waals surface area contributed by atoms with Crippen LogP contribution in [0.25, 0.3) is 5.69 Å². The number of anilines is 1. The van der Waals surface area contributed by atoms with Gasteiger partial charge in [0.15, 0.2) is 5.95 Å². The quantitative estimate of drug-likeness (QED) is 0.164. The van der Waals surface area contributed by atoms with E-state index in [1.165, 1.54) is 33.3 Å². The lowest BCUT2D eigenvalue weighted by atomic mass is 9.83. The van der Waals surface area contributed by atoms with E-state index >= 15 is 0 Å². The summed E-state index contributed by atoms with van der Waals surface area (Å²) in [6.45, 7) is 2.02. The molecule has 208 valence electrons. The maximum absolute atomic E-state index is 13.0. The van der Waals surface area contributed by atoms with Crippen LogP contribution in [0, 0.1) is 0 Å². The Hall–Kier alpha value is -3.83. The van der Waals surface area contributed by atoms with E-state index in [-0.39, 0.29) is 24.0 Å². The molecule has 1 atom stereocenters. The van der Waals surface area contributed by atoms with Gasteiger partial charge in [-0.1, -0.05) is 42.1 Å². The third kappa shape index (κ3) is 6.00. The Morgan fingerprint density at radius 1 is 1.20 bits per heavy atom. The van der Waals surface area contributed by atoms with Crippen LogP contribution in [0.1, 0.15) is 52.0 Å². The highest BCUT2D eigenvalue weighted by Crippen LogP contribution is 2.43. The van der Waals surface area contributed by atoms with E-state index in [1.807, 2.05) is 18.2 Å². The summed E-state index contributed by atoms with van der Waals surface area (Å²) in [5.41, 5.74) is 3.35. The first-order valence-electron chi connectivity index (χ1n) is 13.0. The molecule has 1 aliphatic carbocycles. The molecule has 0 bridgehead atoms. The molecule has 2 aromatic carbocycles. The largest absolute Gasteiger partial charge is 0.538 e. The average Bonchev–Trinajstić information content (AvgIpc) is 3.52. The van der Waals surface area contributed by atoms with Gasteiger partial charge in [-0.3, -0.25) is 4.79 Å². The standard InChI is InChI=1S/C29H29N3O6S2/c1-3-37-28(34)25-22-14-9-19(18-7-5-4-6-8-18)17-23(22)40-26(25)30-24(33)15-16-39-27-29(35)38-31-32(27)20-10-12-21(36-2)13-11-20/h4-8,10-13,19H,3,9,14-17H2,1-2H3,(H-,30,31,33,34,35). The number of methoxy groups -OCH3 is 1. The average molecular weight is 580 g/mol. The second-order valence-electron chi connectivity index (χ2n) is 9.20. The molecule has 0 fully saturated rings. The maximum Gasteiger partial charge on any atom is 0.341 e. The van der Waals surface area contributed by atoms with Crippen LogP contribution >= 0.6 is 23.1 Å². The van der Waals surface area contributed by atoms with Crippen LogP contribution in [-0.4, -0.2) is 36.6 Å². The zero-order valence-electron chi connectivity index (χ0n) is 22.2. The van der Waals surface area contributed by atoms with Crippen LogP contribution in [0.15, 0.2) is 64.1 Å². The molecule has 0 saturated carbocycles. The number of thioether (sulfide) groups is 1. The molecule has 4 aromatic rings. The number of hydrogen-bond donors (Lipinski definition) is 1. The number of hydrogen-bond acceptors (Lipinski definition) is 9. The van der Waals surface area contributed by atoms with Crippen molar-refractivity contribution in [3.8, 4) is 17.4 Å². The predicted molar refractivity (Wildman–Crippen MR) is 149 cm³/mol. The minimum Gasteiger partial charge on any atom is -0.538 e. The van der Waals surface area contributed by atoms with E-state index in [0.717, 1.165) is 29.7 Å². The highest BCUT2D eigenvalue weighted by Gasteiger charge is 2.31. The van der Waals surface area contributed by atoms with E-state index in [9.17, 15) is 14.7 Å². The highest BCUT2D eigenvalue weighted by molar-refractivity contribution is 7.99. The third-order valence-electron chi connectivity index (χ3n) is 6.73. The second-order valence-corrected chi connectivity index (χ2v) is 11.4. The van der Waals surface area contributed by atoms with Gasteiger partial charge in [-0.2, -0.15) is 0 Å². The number of esters is 1. The van der Waals surface area contributed by atoms with Crippen molar-refractivity contribution in [2.45, 2.75) is 43.6 Å². The summed E-state index contributed by atoms with van der Waals surface area (Å²) < 4.78 is 16.8. The fourth-order valence-electron chi connectivity index (χ4n) is 4.78. The smallest absolute Gasteiger partial charge is 0.341 e. The first kappa shape index (κ1) is 27.7. The van der Waals surface area contributed by atoms with Crippen LogP contribution < -0.4 is 19.8 Å². The Morgan fingerprint density at radius 3 is 2.70 bits per heavy atom. The molecule has 0 radical (unpaired) electrons. The van der Waals surface area contributed by atoms with E-state index < -0.39 is 11.9 Å². The fraction of sp³-hybridized carbons (Fsp3) is 0.310. The molecule has 5 rings (SSSR count). The Morgan fingerprint density at radius 2 is 1.98 bits per heavy atom. The van der Waals surface area contributed by atoms with Crippen LogP contribution in [-0.2, 0) is 22.4 Å². The number of amides is 1. The van der Waals surface area contributed by atoms with Crippen molar-refractivity contribution in [1.82, 2.24) is 5.27 Å². The van der Waals surface area contributed by atoms with Crippen LogP contribution in [0.3, 0.4) is 0 Å². The molecule has 9 nitrogen and oxygen atoms in total. The number of fused-ring (bicyclic) bond motifs is 1. The molecule has 1 aliphatic rings. The number of rotatable bonds is 10. The Balaban J connectivity index is 1.27. The van der Waals surface area contributed by atoms with Gasteiger partial charge < -0.3 is 24.4 Å². The minimum absolute atomic E-state index is 0.120. The van der Waals surface area contributed by atoms with Crippen LogP contribution in [0.2, 0.25) is 0 Å². The Kier molecular flexibility index (Phi) is 8.71. The summed E-state index contributed by atoms with van der Waals surface area (Å²) in [5, 5.41) is 19.9. The first-order chi connectivity index (χ1) is 19.5. The van der Waals surface area contributed by atoms with Gasteiger partial charge in [0.1, 0.15) is 10.8 Å². The number of ether oxygens (including phenoxy) is 2. The van der Waals surface area contributed by atoms with E-state index in [2.05, 4.69) is 22.7 Å². The number of carbonyl (C=O) groups excluding carboxylic acids is 2. The molecule has 1 N–H and O–H groups in total. The summed E-state index contributed by atoms with van der Waals surface area (Å²) in [6, 6.07) is 17.4. The molecule has 0 saturated heterocycles. The summed E-state index contributed by atoms with van der Waals surface area (Å²) >= 11 is 2.63. The molecular formula is C29H29N3O6S2. The Labute approximate surface area is 240 Å². The van der Waals surface area contributed by atoms with Gasteiger partial charge in [-0.25, -0.2) is 4.79 Å². The number of benzene rings is 2. The zero-order chi connectivity index (χ0) is 28.1. The normalized spacial score (nSPS) is 14.4. The van der Waals surface area contributed by atoms with Crippen molar-refractivity contribution in [3.63, 3.8) is 0 Å². The molecule has 11 heteroatoms. The first-order valence-corrected chi connectivity index (χ1v) is 14.8. The van der Waals surface area contributed by atoms with Crippen molar-refractivity contribution >= 4 is 40.0 Å². The van der Waals surface area contributed by atoms with E-state index in [1.54, 1.807) is 38.3 Å². The summed E-state index contributed by atoms with van der Waals surface area (Å²) in [4.78, 5) is 27.0. The molecule has 0 spiro atoms. The monoisotopic (exact) mass is 579 g/mol. The van der Waals surface area contributed by atoms with Gasteiger partial charge in [0, 0.05) is 29.2 Å². The van der Waals surface area contributed by atoms with Gasteiger partial charge >= 0.3 is 5.97 Å². The number of thiophene rings is 1. The summed E-state index contributed by atoms with van der Waals surface area (Å²) in [7, 11) is 1.57. The van der Waals surface area contributed by atoms with Crippen molar-refractivity contribution in [1.29, 1.82) is 0 Å². The van der Waals surface area contributed by atoms with Crippen molar-refractivity contribution in [3.05, 3.63) is 76.2 Å². The van der Waals surface area contributed by atoms with Crippen molar-refractivity contribution in [2.24, 2.45) is 0 Å². The molecule has 2 aromatic heterocycles. The topological polar surface area (TPSA) is 118 Å². The number of nitrogens with one attached hydrogen (secondary N) is 1. The lowest BCUT2D eigenvalue weighted by molar-refractivity contribution is -0.705. The van der Waals surface area contributed by atoms with E-state index in [4.69, 9.17) is 14.0 Å². The molecule has 1 unspecified atom stereocenters. The maximum atomic E-state index is 13.0. The molecule has 0 aliphatic heterocycles. The van der Waals surface area contributed by atoms with Gasteiger partial charge in [0.05, 0.1) is 24.6 Å². The lowest BCUT2D eigenvalue weighted by Gasteiger charge is -2.23. The molecular weight excluding hydrogens is 550 g/mol. The fourth-order valence-corrected chi connectivity index (χ4v) is 7.01. The predicted octanol–water partition coefficient (Wildman–Crippen LogP) is 4.67. The molecule has 2 heterocycles. The Bertz CT molecular complexity index is 1480.